The molecule has 1 amide bonds. The van der Waals surface area contributed by atoms with Crippen molar-refractivity contribution in [3.63, 3.8) is 0 Å². The summed E-state index contributed by atoms with van der Waals surface area (Å²) < 4.78 is 39.0. The fraction of sp³-hybridized carbons (Fsp3) is 0.263. The van der Waals surface area contributed by atoms with Crippen molar-refractivity contribution < 1.29 is 27.3 Å². The number of nitro groups is 1. The van der Waals surface area contributed by atoms with Gasteiger partial charge in [-0.2, -0.15) is 8.99 Å². The van der Waals surface area contributed by atoms with Crippen molar-refractivity contribution in [2.75, 3.05) is 31.6 Å². The molecule has 1 fully saturated rings. The van der Waals surface area contributed by atoms with Crippen molar-refractivity contribution in [3.05, 3.63) is 68.7 Å². The number of morpholine rings is 1. The molecule has 14 heteroatoms. The Bertz CT molecular complexity index is 1280. The molecule has 3 aromatic rings. The summed E-state index contributed by atoms with van der Waals surface area (Å²) in [7, 11) is -3.62. The van der Waals surface area contributed by atoms with E-state index in [0.717, 1.165) is 0 Å². The summed E-state index contributed by atoms with van der Waals surface area (Å²) in [6, 6.07) is 8.88. The van der Waals surface area contributed by atoms with Gasteiger partial charge in [0.15, 0.2) is 5.76 Å². The van der Waals surface area contributed by atoms with Gasteiger partial charge in [0.2, 0.25) is 10.0 Å². The first kappa shape index (κ1) is 23.1. The highest BCUT2D eigenvalue weighted by atomic mass is 79.9. The molecular formula is C19H18BrN5O7S. The van der Waals surface area contributed by atoms with Gasteiger partial charge in [0.1, 0.15) is 16.8 Å². The van der Waals surface area contributed by atoms with E-state index in [9.17, 15) is 23.3 Å². The molecule has 174 valence electrons. The number of amides is 1. The third kappa shape index (κ3) is 5.13. The highest BCUT2D eigenvalue weighted by Crippen LogP contribution is 2.23. The zero-order chi connectivity index (χ0) is 23.6. The van der Waals surface area contributed by atoms with Crippen LogP contribution >= 0.6 is 15.9 Å². The van der Waals surface area contributed by atoms with Crippen LogP contribution in [0.2, 0.25) is 0 Å². The van der Waals surface area contributed by atoms with Crippen molar-refractivity contribution in [3.8, 4) is 0 Å². The van der Waals surface area contributed by atoms with Crippen LogP contribution in [-0.4, -0.2) is 59.6 Å². The minimum atomic E-state index is -3.62. The molecule has 0 unspecified atom stereocenters. The molecule has 0 aliphatic carbocycles. The maximum Gasteiger partial charge on any atom is 0.404 e. The summed E-state index contributed by atoms with van der Waals surface area (Å²) in [5.41, 5.74) is 0.394. The predicted octanol–water partition coefficient (Wildman–Crippen LogP) is 2.47. The first-order chi connectivity index (χ1) is 15.7. The molecule has 0 spiro atoms. The Kier molecular flexibility index (Phi) is 6.60. The zero-order valence-electron chi connectivity index (χ0n) is 17.0. The molecule has 0 atom stereocenters. The van der Waals surface area contributed by atoms with E-state index in [1.165, 1.54) is 45.5 Å². The third-order valence-corrected chi connectivity index (χ3v) is 7.27. The van der Waals surface area contributed by atoms with Crippen LogP contribution in [0.15, 0.2) is 56.4 Å². The van der Waals surface area contributed by atoms with Crippen molar-refractivity contribution in [2.45, 2.75) is 11.4 Å². The van der Waals surface area contributed by atoms with E-state index in [-0.39, 0.29) is 27.5 Å². The van der Waals surface area contributed by atoms with Gasteiger partial charge in [-0.05, 0) is 57.3 Å². The Labute approximate surface area is 196 Å². The zero-order valence-corrected chi connectivity index (χ0v) is 19.4. The number of carbonyl (C=O) groups excluding carboxylic acids is 1. The molecular weight excluding hydrogens is 522 g/mol. The van der Waals surface area contributed by atoms with Crippen LogP contribution in [0.3, 0.4) is 0 Å². The highest BCUT2D eigenvalue weighted by molar-refractivity contribution is 9.10. The number of halogens is 1. The molecule has 0 bridgehead atoms. The Morgan fingerprint density at radius 3 is 2.52 bits per heavy atom. The number of furan rings is 1. The summed E-state index contributed by atoms with van der Waals surface area (Å²) in [6.45, 7) is 1.39. The number of rotatable bonds is 7. The average molecular weight is 540 g/mol. The molecule has 4 rings (SSSR count). The third-order valence-electron chi connectivity index (χ3n) is 4.80. The van der Waals surface area contributed by atoms with Crippen molar-refractivity contribution in [1.29, 1.82) is 0 Å². The first-order valence-corrected chi connectivity index (χ1v) is 11.9. The molecule has 1 aliphatic rings. The monoisotopic (exact) mass is 539 g/mol. The number of carbonyl (C=O) groups is 1. The van der Waals surface area contributed by atoms with Gasteiger partial charge in [-0.1, -0.05) is 0 Å². The lowest BCUT2D eigenvalue weighted by Crippen LogP contribution is -2.40. The number of hydrogen-bond donors (Lipinski definition) is 1. The molecule has 2 aromatic heterocycles. The maximum absolute atomic E-state index is 12.7. The van der Waals surface area contributed by atoms with E-state index in [0.29, 0.717) is 37.8 Å². The number of anilines is 1. The van der Waals surface area contributed by atoms with Gasteiger partial charge in [-0.3, -0.25) is 4.79 Å². The number of benzene rings is 1. The minimum Gasteiger partial charge on any atom is -0.454 e. The second kappa shape index (κ2) is 9.43. The lowest BCUT2D eigenvalue weighted by Gasteiger charge is -2.26. The largest absolute Gasteiger partial charge is 0.454 e. The van der Waals surface area contributed by atoms with E-state index < -0.39 is 20.9 Å². The Morgan fingerprint density at radius 1 is 1.18 bits per heavy atom. The Balaban J connectivity index is 1.40. The summed E-state index contributed by atoms with van der Waals surface area (Å²) in [5, 5.41) is 17.4. The molecule has 0 radical (unpaired) electrons. The van der Waals surface area contributed by atoms with Gasteiger partial charge in [-0.25, -0.2) is 8.42 Å². The topological polar surface area (TPSA) is 150 Å². The lowest BCUT2D eigenvalue weighted by atomic mass is 10.3. The number of nitrogens with zero attached hydrogens (tertiary/aromatic N) is 4. The molecule has 1 saturated heterocycles. The smallest absolute Gasteiger partial charge is 0.404 e. The standard InChI is InChI=1S/C19H18BrN5O7S/c20-16-12-23(22-18(16)25(27)28)11-14-3-6-17(32-14)19(26)21-13-1-4-15(5-2-13)33(29,30)24-7-9-31-10-8-24/h1-6,12H,7-11H2,(H,21,26). The summed E-state index contributed by atoms with van der Waals surface area (Å²) in [6.07, 6.45) is 1.44. The van der Waals surface area contributed by atoms with Crippen LogP contribution in [0, 0.1) is 10.1 Å². The Morgan fingerprint density at radius 2 is 1.88 bits per heavy atom. The van der Waals surface area contributed by atoms with Gasteiger partial charge in [0.05, 0.1) is 29.4 Å². The summed E-state index contributed by atoms with van der Waals surface area (Å²) in [4.78, 5) is 22.9. The number of aromatic nitrogens is 2. The van der Waals surface area contributed by atoms with Crippen LogP contribution in [0.5, 0.6) is 0 Å². The van der Waals surface area contributed by atoms with Gasteiger partial charge < -0.3 is 24.6 Å². The van der Waals surface area contributed by atoms with Crippen LogP contribution in [0.4, 0.5) is 11.5 Å². The van der Waals surface area contributed by atoms with E-state index in [4.69, 9.17) is 9.15 Å². The van der Waals surface area contributed by atoms with E-state index in [1.54, 1.807) is 6.07 Å². The number of ether oxygens (including phenoxy) is 1. The number of hydrogen-bond acceptors (Lipinski definition) is 8. The minimum absolute atomic E-state index is 0.0238. The second-order valence-corrected chi connectivity index (χ2v) is 9.81. The summed E-state index contributed by atoms with van der Waals surface area (Å²) >= 11 is 3.07. The van der Waals surface area contributed by atoms with Crippen molar-refractivity contribution >= 4 is 43.4 Å². The van der Waals surface area contributed by atoms with Gasteiger partial charge in [-0.15, -0.1) is 0 Å². The Hall–Kier alpha value is -3.07. The fourth-order valence-electron chi connectivity index (χ4n) is 3.18. The molecule has 1 aromatic carbocycles. The maximum atomic E-state index is 12.7. The number of nitrogens with one attached hydrogen (secondary N) is 1. The van der Waals surface area contributed by atoms with E-state index in [2.05, 4.69) is 26.3 Å². The van der Waals surface area contributed by atoms with Crippen LogP contribution in [-0.2, 0) is 21.3 Å². The van der Waals surface area contributed by atoms with Crippen LogP contribution in [0.25, 0.3) is 0 Å². The predicted molar refractivity (Wildman–Crippen MR) is 118 cm³/mol. The molecule has 12 nitrogen and oxygen atoms in total. The van der Waals surface area contributed by atoms with Crippen molar-refractivity contribution in [1.82, 2.24) is 14.1 Å². The highest BCUT2D eigenvalue weighted by Gasteiger charge is 2.26. The van der Waals surface area contributed by atoms with E-state index >= 15 is 0 Å². The molecule has 33 heavy (non-hydrogen) atoms. The SMILES string of the molecule is O=C(Nc1ccc(S(=O)(=O)N2CCOCC2)cc1)c1ccc(Cn2cc(Br)c([N+](=O)[O-])n2)o1. The summed E-state index contributed by atoms with van der Waals surface area (Å²) in [5.74, 6) is -0.455. The quantitative estimate of drug-likeness (QED) is 0.355. The first-order valence-electron chi connectivity index (χ1n) is 9.69. The molecule has 1 N–H and O–H groups in total. The van der Waals surface area contributed by atoms with E-state index in [1.807, 2.05) is 0 Å². The van der Waals surface area contributed by atoms with Gasteiger partial charge in [0.25, 0.3) is 5.91 Å². The normalized spacial score (nSPS) is 14.8. The van der Waals surface area contributed by atoms with Crippen molar-refractivity contribution in [2.24, 2.45) is 0 Å². The molecule has 1 aliphatic heterocycles. The van der Waals surface area contributed by atoms with Crippen LogP contribution < -0.4 is 5.32 Å². The van der Waals surface area contributed by atoms with Gasteiger partial charge >= 0.3 is 5.82 Å². The van der Waals surface area contributed by atoms with Gasteiger partial charge in [0, 0.05) is 18.8 Å². The number of sulfonamides is 1. The molecule has 3 heterocycles. The average Bonchev–Trinajstić information content (AvgIpc) is 3.41. The molecule has 0 saturated carbocycles. The second-order valence-electron chi connectivity index (χ2n) is 7.02. The fourth-order valence-corrected chi connectivity index (χ4v) is 5.04. The lowest BCUT2D eigenvalue weighted by molar-refractivity contribution is -0.390. The van der Waals surface area contributed by atoms with Crippen LogP contribution in [0.1, 0.15) is 16.3 Å².